The molecular formula is C16H19N3O3S. The van der Waals surface area contributed by atoms with Gasteiger partial charge in [-0.05, 0) is 36.8 Å². The van der Waals surface area contributed by atoms with Gasteiger partial charge in [-0.3, -0.25) is 4.98 Å². The Morgan fingerprint density at radius 1 is 1.22 bits per heavy atom. The zero-order valence-corrected chi connectivity index (χ0v) is 13.9. The Balaban J connectivity index is 1.95. The molecule has 1 aromatic heterocycles. The van der Waals surface area contributed by atoms with Gasteiger partial charge in [0.1, 0.15) is 0 Å². The van der Waals surface area contributed by atoms with E-state index in [2.05, 4.69) is 15.6 Å². The van der Waals surface area contributed by atoms with Crippen LogP contribution in [0.25, 0.3) is 0 Å². The second-order valence-electron chi connectivity index (χ2n) is 5.20. The Morgan fingerprint density at radius 2 is 2.00 bits per heavy atom. The van der Waals surface area contributed by atoms with Gasteiger partial charge in [-0.15, -0.1) is 0 Å². The molecule has 0 spiro atoms. The van der Waals surface area contributed by atoms with Gasteiger partial charge in [0, 0.05) is 36.8 Å². The normalized spacial score (nSPS) is 11.0. The molecule has 0 saturated heterocycles. The molecule has 2 N–H and O–H groups in total. The molecule has 0 fully saturated rings. The van der Waals surface area contributed by atoms with Crippen molar-refractivity contribution in [1.29, 1.82) is 0 Å². The molecule has 0 aliphatic heterocycles. The minimum atomic E-state index is -3.31. The molecular weight excluding hydrogens is 314 g/mol. The quantitative estimate of drug-likeness (QED) is 0.877. The number of anilines is 1. The summed E-state index contributed by atoms with van der Waals surface area (Å²) >= 11 is 0. The lowest BCUT2D eigenvalue weighted by Crippen LogP contribution is -2.30. The molecule has 0 unspecified atom stereocenters. The molecule has 7 heteroatoms. The standard InChI is InChI=1S/C16H19N3O3S/c1-12-6-7-14(23(2,21)22)11-15(12)19-16(20)18-10-8-13-5-3-4-9-17-13/h3-7,9,11H,8,10H2,1-2H3,(H2,18,19,20). The summed E-state index contributed by atoms with van der Waals surface area (Å²) in [5.41, 5.74) is 2.16. The van der Waals surface area contributed by atoms with Crippen LogP contribution in [0.15, 0.2) is 47.5 Å². The van der Waals surface area contributed by atoms with E-state index in [4.69, 9.17) is 0 Å². The van der Waals surface area contributed by atoms with Crippen molar-refractivity contribution in [3.8, 4) is 0 Å². The van der Waals surface area contributed by atoms with Gasteiger partial charge in [0.2, 0.25) is 0 Å². The van der Waals surface area contributed by atoms with E-state index < -0.39 is 9.84 Å². The number of rotatable bonds is 5. The monoisotopic (exact) mass is 333 g/mol. The fourth-order valence-electron chi connectivity index (χ4n) is 1.98. The lowest BCUT2D eigenvalue weighted by molar-refractivity contribution is 0.252. The minimum absolute atomic E-state index is 0.173. The zero-order chi connectivity index (χ0) is 16.9. The van der Waals surface area contributed by atoms with E-state index >= 15 is 0 Å². The number of nitrogens with one attached hydrogen (secondary N) is 2. The first-order valence-corrected chi connectivity index (χ1v) is 9.01. The van der Waals surface area contributed by atoms with E-state index in [9.17, 15) is 13.2 Å². The third kappa shape index (κ3) is 5.07. The van der Waals surface area contributed by atoms with E-state index in [1.807, 2.05) is 18.2 Å². The molecule has 0 atom stereocenters. The summed E-state index contributed by atoms with van der Waals surface area (Å²) < 4.78 is 23.2. The third-order valence-electron chi connectivity index (χ3n) is 3.28. The van der Waals surface area contributed by atoms with Crippen LogP contribution in [0.3, 0.4) is 0 Å². The van der Waals surface area contributed by atoms with Crippen molar-refractivity contribution < 1.29 is 13.2 Å². The Labute approximate surface area is 135 Å². The predicted octanol–water partition coefficient (Wildman–Crippen LogP) is 2.16. The highest BCUT2D eigenvalue weighted by Crippen LogP contribution is 2.20. The van der Waals surface area contributed by atoms with Crippen LogP contribution in [0.4, 0.5) is 10.5 Å². The maximum Gasteiger partial charge on any atom is 0.319 e. The number of urea groups is 1. The highest BCUT2D eigenvalue weighted by molar-refractivity contribution is 7.90. The number of amides is 2. The average Bonchev–Trinajstić information content (AvgIpc) is 2.49. The predicted molar refractivity (Wildman–Crippen MR) is 89.3 cm³/mol. The second-order valence-corrected chi connectivity index (χ2v) is 7.22. The lowest BCUT2D eigenvalue weighted by atomic mass is 10.2. The Bertz CT molecular complexity index is 789. The summed E-state index contributed by atoms with van der Waals surface area (Å²) in [6.07, 6.45) is 3.46. The van der Waals surface area contributed by atoms with E-state index in [1.165, 1.54) is 12.1 Å². The van der Waals surface area contributed by atoms with Crippen LogP contribution < -0.4 is 10.6 Å². The summed E-state index contributed by atoms with van der Waals surface area (Å²) in [5.74, 6) is 0. The van der Waals surface area contributed by atoms with Gasteiger partial charge < -0.3 is 10.6 Å². The van der Waals surface area contributed by atoms with Crippen LogP contribution in [0.5, 0.6) is 0 Å². The molecule has 2 rings (SSSR count). The molecule has 23 heavy (non-hydrogen) atoms. The van der Waals surface area contributed by atoms with E-state index in [0.29, 0.717) is 18.7 Å². The first-order valence-electron chi connectivity index (χ1n) is 7.12. The van der Waals surface area contributed by atoms with Crippen molar-refractivity contribution in [3.05, 3.63) is 53.9 Å². The fourth-order valence-corrected chi connectivity index (χ4v) is 2.63. The third-order valence-corrected chi connectivity index (χ3v) is 4.39. The number of nitrogens with zero attached hydrogens (tertiary/aromatic N) is 1. The van der Waals surface area contributed by atoms with Crippen molar-refractivity contribution in [2.24, 2.45) is 0 Å². The highest BCUT2D eigenvalue weighted by Gasteiger charge is 2.11. The Hall–Kier alpha value is -2.41. The smallest absolute Gasteiger partial charge is 0.319 e. The van der Waals surface area contributed by atoms with E-state index in [-0.39, 0.29) is 10.9 Å². The number of aromatic nitrogens is 1. The van der Waals surface area contributed by atoms with Gasteiger partial charge in [0.15, 0.2) is 9.84 Å². The molecule has 2 aromatic rings. The van der Waals surface area contributed by atoms with Gasteiger partial charge in [-0.2, -0.15) is 0 Å². The van der Waals surface area contributed by atoms with E-state index in [0.717, 1.165) is 17.5 Å². The average molecular weight is 333 g/mol. The molecule has 0 bridgehead atoms. The number of hydrogen-bond donors (Lipinski definition) is 2. The van der Waals surface area contributed by atoms with Crippen LogP contribution in [-0.2, 0) is 16.3 Å². The van der Waals surface area contributed by atoms with Crippen molar-refractivity contribution in [3.63, 3.8) is 0 Å². The van der Waals surface area contributed by atoms with E-state index in [1.54, 1.807) is 19.2 Å². The minimum Gasteiger partial charge on any atom is -0.337 e. The summed E-state index contributed by atoms with van der Waals surface area (Å²) in [4.78, 5) is 16.3. The number of sulfone groups is 1. The molecule has 0 saturated carbocycles. The summed E-state index contributed by atoms with van der Waals surface area (Å²) in [7, 11) is -3.31. The lowest BCUT2D eigenvalue weighted by Gasteiger charge is -2.11. The van der Waals surface area contributed by atoms with Crippen molar-refractivity contribution in [2.45, 2.75) is 18.2 Å². The SMILES string of the molecule is Cc1ccc(S(C)(=O)=O)cc1NC(=O)NCCc1ccccn1. The molecule has 6 nitrogen and oxygen atoms in total. The first-order chi connectivity index (χ1) is 10.9. The molecule has 0 aliphatic rings. The van der Waals surface area contributed by atoms with Gasteiger partial charge in [0.25, 0.3) is 0 Å². The number of carbonyl (C=O) groups is 1. The summed E-state index contributed by atoms with van der Waals surface area (Å²) in [5, 5.41) is 5.40. The number of pyridine rings is 1. The highest BCUT2D eigenvalue weighted by atomic mass is 32.2. The summed E-state index contributed by atoms with van der Waals surface area (Å²) in [6, 6.07) is 9.88. The number of benzene rings is 1. The zero-order valence-electron chi connectivity index (χ0n) is 13.0. The summed E-state index contributed by atoms with van der Waals surface area (Å²) in [6.45, 7) is 2.24. The van der Waals surface area contributed by atoms with Crippen LogP contribution >= 0.6 is 0 Å². The number of hydrogen-bond acceptors (Lipinski definition) is 4. The molecule has 1 heterocycles. The Kier molecular flexibility index (Phi) is 5.33. The first kappa shape index (κ1) is 17.0. The maximum absolute atomic E-state index is 11.9. The number of carbonyl (C=O) groups excluding carboxylic acids is 1. The van der Waals surface area contributed by atoms with Crippen LogP contribution in [0.2, 0.25) is 0 Å². The Morgan fingerprint density at radius 3 is 2.65 bits per heavy atom. The second kappa shape index (κ2) is 7.23. The maximum atomic E-state index is 11.9. The van der Waals surface area contributed by atoms with Crippen molar-refractivity contribution in [2.75, 3.05) is 18.1 Å². The van der Waals surface area contributed by atoms with Gasteiger partial charge in [0.05, 0.1) is 4.90 Å². The van der Waals surface area contributed by atoms with Crippen molar-refractivity contribution in [1.82, 2.24) is 10.3 Å². The molecule has 0 aliphatic carbocycles. The van der Waals surface area contributed by atoms with Crippen molar-refractivity contribution >= 4 is 21.6 Å². The fraction of sp³-hybridized carbons (Fsp3) is 0.250. The van der Waals surface area contributed by atoms with Gasteiger partial charge in [-0.25, -0.2) is 13.2 Å². The largest absolute Gasteiger partial charge is 0.337 e. The molecule has 1 aromatic carbocycles. The van der Waals surface area contributed by atoms with Crippen LogP contribution in [0.1, 0.15) is 11.3 Å². The van der Waals surface area contributed by atoms with Crippen LogP contribution in [0, 0.1) is 6.92 Å². The van der Waals surface area contributed by atoms with Gasteiger partial charge in [-0.1, -0.05) is 12.1 Å². The molecule has 122 valence electrons. The van der Waals surface area contributed by atoms with Gasteiger partial charge >= 0.3 is 6.03 Å². The topological polar surface area (TPSA) is 88.2 Å². The van der Waals surface area contributed by atoms with Crippen LogP contribution in [-0.4, -0.2) is 32.2 Å². The molecule has 0 radical (unpaired) electrons. The molecule has 2 amide bonds. The number of aryl methyl sites for hydroxylation is 1.